The van der Waals surface area contributed by atoms with Gasteiger partial charge < -0.3 is 9.47 Å². The van der Waals surface area contributed by atoms with Crippen LogP contribution in [0.15, 0.2) is 0 Å². The molecule has 0 bridgehead atoms. The quantitative estimate of drug-likeness (QED) is 0.442. The fraction of sp³-hybridized carbons (Fsp3) is 1.00. The van der Waals surface area contributed by atoms with E-state index in [2.05, 4.69) is 6.92 Å². The van der Waals surface area contributed by atoms with Crippen molar-refractivity contribution in [2.24, 2.45) is 0 Å². The molecule has 104 valence electrons. The van der Waals surface area contributed by atoms with Crippen LogP contribution in [0.1, 0.15) is 71.1 Å². The smallest absolute Gasteiger partial charge is 0.0593 e. The number of methoxy groups -OCH3 is 2. The molecule has 0 aromatic rings. The van der Waals surface area contributed by atoms with Crippen LogP contribution in [0, 0.1) is 0 Å². The summed E-state index contributed by atoms with van der Waals surface area (Å²) >= 11 is 0. The van der Waals surface area contributed by atoms with Gasteiger partial charge in [0, 0.05) is 20.8 Å². The van der Waals surface area contributed by atoms with Gasteiger partial charge in [0.05, 0.1) is 6.10 Å². The Balaban J connectivity index is 3.19. The predicted octanol–water partition coefficient (Wildman–Crippen LogP) is 4.57. The van der Waals surface area contributed by atoms with Gasteiger partial charge in [-0.05, 0) is 12.8 Å². The fourth-order valence-electron chi connectivity index (χ4n) is 2.14. The van der Waals surface area contributed by atoms with Gasteiger partial charge in [-0.15, -0.1) is 0 Å². The van der Waals surface area contributed by atoms with Crippen LogP contribution >= 0.6 is 0 Å². The summed E-state index contributed by atoms with van der Waals surface area (Å²) < 4.78 is 10.5. The van der Waals surface area contributed by atoms with Gasteiger partial charge in [0.1, 0.15) is 0 Å². The highest BCUT2D eigenvalue weighted by atomic mass is 16.5. The maximum Gasteiger partial charge on any atom is 0.0593 e. The SMILES string of the molecule is CCCCCCCCCCC(CCOC)OC. The predicted molar refractivity (Wildman–Crippen MR) is 74.5 cm³/mol. The third-order valence-electron chi connectivity index (χ3n) is 3.36. The molecule has 0 aliphatic carbocycles. The molecule has 0 aliphatic rings. The van der Waals surface area contributed by atoms with Crippen molar-refractivity contribution in [2.75, 3.05) is 20.8 Å². The molecule has 1 unspecified atom stereocenters. The molecule has 0 aromatic heterocycles. The Hall–Kier alpha value is -0.0800. The lowest BCUT2D eigenvalue weighted by molar-refractivity contribution is 0.0590. The minimum absolute atomic E-state index is 0.398. The Bertz CT molecular complexity index is 137. The van der Waals surface area contributed by atoms with E-state index >= 15 is 0 Å². The summed E-state index contributed by atoms with van der Waals surface area (Å²) in [7, 11) is 3.56. The highest BCUT2D eigenvalue weighted by Gasteiger charge is 2.06. The standard InChI is InChI=1S/C15H32O2/c1-4-5-6-7-8-9-10-11-12-15(17-3)13-14-16-2/h15H,4-14H2,1-3H3. The summed E-state index contributed by atoms with van der Waals surface area (Å²) in [4.78, 5) is 0. The number of hydrogen-bond acceptors (Lipinski definition) is 2. The van der Waals surface area contributed by atoms with Crippen LogP contribution in [0.4, 0.5) is 0 Å². The van der Waals surface area contributed by atoms with Crippen molar-refractivity contribution >= 4 is 0 Å². The third kappa shape index (κ3) is 12.2. The summed E-state index contributed by atoms with van der Waals surface area (Å²) in [6.45, 7) is 3.08. The Kier molecular flexibility index (Phi) is 13.9. The molecule has 2 heteroatoms. The van der Waals surface area contributed by atoms with Crippen molar-refractivity contribution < 1.29 is 9.47 Å². The number of hydrogen-bond donors (Lipinski definition) is 0. The molecule has 0 saturated carbocycles. The van der Waals surface area contributed by atoms with E-state index in [1.807, 2.05) is 7.11 Å². The van der Waals surface area contributed by atoms with Crippen molar-refractivity contribution in [3.63, 3.8) is 0 Å². The summed E-state index contributed by atoms with van der Waals surface area (Å²) in [5, 5.41) is 0. The van der Waals surface area contributed by atoms with E-state index in [0.717, 1.165) is 13.0 Å². The zero-order chi connectivity index (χ0) is 12.8. The Morgan fingerprint density at radius 3 is 1.88 bits per heavy atom. The maximum atomic E-state index is 5.43. The summed E-state index contributed by atoms with van der Waals surface area (Å²) in [6.07, 6.45) is 13.7. The van der Waals surface area contributed by atoms with Gasteiger partial charge in [-0.3, -0.25) is 0 Å². The van der Waals surface area contributed by atoms with Crippen molar-refractivity contribution in [3.8, 4) is 0 Å². The van der Waals surface area contributed by atoms with Gasteiger partial charge in [0.15, 0.2) is 0 Å². The van der Waals surface area contributed by atoms with Crippen LogP contribution in [-0.2, 0) is 9.47 Å². The number of unbranched alkanes of at least 4 members (excludes halogenated alkanes) is 7. The van der Waals surface area contributed by atoms with E-state index in [0.29, 0.717) is 6.10 Å². The second-order valence-corrected chi connectivity index (χ2v) is 4.90. The molecule has 0 spiro atoms. The van der Waals surface area contributed by atoms with Crippen LogP contribution in [0.25, 0.3) is 0 Å². The van der Waals surface area contributed by atoms with Gasteiger partial charge in [0.25, 0.3) is 0 Å². The van der Waals surface area contributed by atoms with Crippen LogP contribution in [0.3, 0.4) is 0 Å². The highest BCUT2D eigenvalue weighted by Crippen LogP contribution is 2.13. The number of rotatable bonds is 13. The van der Waals surface area contributed by atoms with Crippen molar-refractivity contribution in [3.05, 3.63) is 0 Å². The molecule has 0 amide bonds. The molecule has 0 radical (unpaired) electrons. The molecule has 0 aliphatic heterocycles. The summed E-state index contributed by atoms with van der Waals surface area (Å²) in [6, 6.07) is 0. The van der Waals surface area contributed by atoms with Gasteiger partial charge in [-0.2, -0.15) is 0 Å². The fourth-order valence-corrected chi connectivity index (χ4v) is 2.14. The molecule has 0 N–H and O–H groups in total. The number of ether oxygens (including phenoxy) is 2. The second-order valence-electron chi connectivity index (χ2n) is 4.90. The average molecular weight is 244 g/mol. The van der Waals surface area contributed by atoms with Crippen molar-refractivity contribution in [1.82, 2.24) is 0 Å². The molecule has 0 aromatic carbocycles. The molecule has 0 saturated heterocycles. The normalized spacial score (nSPS) is 12.9. The molecule has 0 fully saturated rings. The van der Waals surface area contributed by atoms with E-state index in [4.69, 9.17) is 9.47 Å². The lowest BCUT2D eigenvalue weighted by Gasteiger charge is -2.14. The lowest BCUT2D eigenvalue weighted by atomic mass is 10.0. The minimum atomic E-state index is 0.398. The Morgan fingerprint density at radius 1 is 0.765 bits per heavy atom. The molecule has 0 rings (SSSR count). The monoisotopic (exact) mass is 244 g/mol. The van der Waals surface area contributed by atoms with Gasteiger partial charge in [-0.1, -0.05) is 58.3 Å². The molecule has 2 nitrogen and oxygen atoms in total. The van der Waals surface area contributed by atoms with E-state index in [9.17, 15) is 0 Å². The minimum Gasteiger partial charge on any atom is -0.385 e. The van der Waals surface area contributed by atoms with Crippen LogP contribution < -0.4 is 0 Å². The van der Waals surface area contributed by atoms with Crippen LogP contribution in [0.2, 0.25) is 0 Å². The van der Waals surface area contributed by atoms with Crippen LogP contribution in [0.5, 0.6) is 0 Å². The molecule has 17 heavy (non-hydrogen) atoms. The molecular formula is C15H32O2. The van der Waals surface area contributed by atoms with Gasteiger partial charge >= 0.3 is 0 Å². The molecular weight excluding hydrogens is 212 g/mol. The summed E-state index contributed by atoms with van der Waals surface area (Å²) in [5.41, 5.74) is 0. The first-order chi connectivity index (χ1) is 8.35. The van der Waals surface area contributed by atoms with E-state index in [1.165, 1.54) is 57.8 Å². The third-order valence-corrected chi connectivity index (χ3v) is 3.36. The van der Waals surface area contributed by atoms with E-state index in [1.54, 1.807) is 7.11 Å². The van der Waals surface area contributed by atoms with E-state index < -0.39 is 0 Å². The summed E-state index contributed by atoms with van der Waals surface area (Å²) in [5.74, 6) is 0. The first kappa shape index (κ1) is 16.9. The van der Waals surface area contributed by atoms with Gasteiger partial charge in [0.2, 0.25) is 0 Å². The van der Waals surface area contributed by atoms with Gasteiger partial charge in [-0.25, -0.2) is 0 Å². The maximum absolute atomic E-state index is 5.43. The molecule has 1 atom stereocenters. The Morgan fingerprint density at radius 2 is 1.35 bits per heavy atom. The van der Waals surface area contributed by atoms with E-state index in [-0.39, 0.29) is 0 Å². The lowest BCUT2D eigenvalue weighted by Crippen LogP contribution is -2.13. The average Bonchev–Trinajstić information content (AvgIpc) is 2.36. The topological polar surface area (TPSA) is 18.5 Å². The second kappa shape index (κ2) is 14.0. The zero-order valence-corrected chi connectivity index (χ0v) is 12.2. The zero-order valence-electron chi connectivity index (χ0n) is 12.2. The Labute approximate surface area is 108 Å². The van der Waals surface area contributed by atoms with Crippen molar-refractivity contribution in [1.29, 1.82) is 0 Å². The first-order valence-corrected chi connectivity index (χ1v) is 7.36. The largest absolute Gasteiger partial charge is 0.385 e. The highest BCUT2D eigenvalue weighted by molar-refractivity contribution is 4.58. The first-order valence-electron chi connectivity index (χ1n) is 7.36. The molecule has 0 heterocycles. The van der Waals surface area contributed by atoms with Crippen molar-refractivity contribution in [2.45, 2.75) is 77.2 Å². The van der Waals surface area contributed by atoms with Crippen LogP contribution in [-0.4, -0.2) is 26.9 Å².